The van der Waals surface area contributed by atoms with E-state index in [0.29, 0.717) is 18.1 Å². The van der Waals surface area contributed by atoms with Crippen LogP contribution in [0.1, 0.15) is 27.7 Å². The number of hydrogen-bond acceptors (Lipinski definition) is 3. The number of rotatable bonds is 3. The van der Waals surface area contributed by atoms with E-state index in [1.165, 1.54) is 0 Å². The van der Waals surface area contributed by atoms with Crippen molar-refractivity contribution in [3.05, 3.63) is 24.0 Å². The Morgan fingerprint density at radius 3 is 2.38 bits per heavy atom. The molecule has 1 rings (SSSR count). The number of nitrogens with two attached hydrogens (primary N) is 1. The van der Waals surface area contributed by atoms with E-state index in [4.69, 9.17) is 10.5 Å². The van der Waals surface area contributed by atoms with Gasteiger partial charge in [-0.3, -0.25) is 0 Å². The zero-order valence-corrected chi connectivity index (χ0v) is 10.8. The minimum atomic E-state index is 0.305. The molecule has 0 aliphatic carbocycles. The lowest BCUT2D eigenvalue weighted by atomic mass is 10.1. The minimum Gasteiger partial charge on any atom is -0.402 e. The van der Waals surface area contributed by atoms with Crippen LogP contribution < -0.4 is 5.73 Å². The average molecular weight is 224 g/mol. The highest BCUT2D eigenvalue weighted by molar-refractivity contribution is 5.11. The van der Waals surface area contributed by atoms with Gasteiger partial charge in [0.15, 0.2) is 0 Å². The highest BCUT2D eigenvalue weighted by Gasteiger charge is 2.19. The molecule has 1 aliphatic heterocycles. The van der Waals surface area contributed by atoms with Gasteiger partial charge < -0.3 is 15.4 Å². The van der Waals surface area contributed by atoms with Gasteiger partial charge in [0.25, 0.3) is 0 Å². The largest absolute Gasteiger partial charge is 0.402 e. The van der Waals surface area contributed by atoms with Crippen molar-refractivity contribution in [2.45, 2.75) is 39.9 Å². The molecular weight excluding hydrogens is 200 g/mol. The van der Waals surface area contributed by atoms with Crippen LogP contribution >= 0.6 is 0 Å². The Bertz CT molecular complexity index is 261. The predicted octanol–water partition coefficient (Wildman–Crippen LogP) is 2.11. The molecule has 0 spiro atoms. The molecule has 1 heterocycles. The summed E-state index contributed by atoms with van der Waals surface area (Å²) in [7, 11) is 0. The highest BCUT2D eigenvalue weighted by atomic mass is 16.5. The van der Waals surface area contributed by atoms with Gasteiger partial charge in [0.1, 0.15) is 0 Å². The summed E-state index contributed by atoms with van der Waals surface area (Å²) in [6.07, 6.45) is 6.72. The zero-order chi connectivity index (χ0) is 12.1. The molecule has 3 heteroatoms. The van der Waals surface area contributed by atoms with Crippen molar-refractivity contribution in [2.75, 3.05) is 13.1 Å². The molecule has 0 aromatic carbocycles. The second kappa shape index (κ2) is 5.94. The van der Waals surface area contributed by atoms with Gasteiger partial charge >= 0.3 is 0 Å². The van der Waals surface area contributed by atoms with Gasteiger partial charge in [-0.2, -0.15) is 0 Å². The summed E-state index contributed by atoms with van der Waals surface area (Å²) in [4.78, 5) is 2.28. The van der Waals surface area contributed by atoms with E-state index in [0.717, 1.165) is 18.8 Å². The second-order valence-corrected chi connectivity index (χ2v) is 4.87. The molecule has 0 saturated carbocycles. The predicted molar refractivity (Wildman–Crippen MR) is 67.8 cm³/mol. The number of nitrogens with zero attached hydrogens (tertiary/aromatic N) is 1. The van der Waals surface area contributed by atoms with Crippen LogP contribution in [0.3, 0.4) is 0 Å². The lowest BCUT2D eigenvalue weighted by Crippen LogP contribution is -2.42. The highest BCUT2D eigenvalue weighted by Crippen LogP contribution is 2.11. The Hall–Kier alpha value is -0.960. The van der Waals surface area contributed by atoms with Crippen molar-refractivity contribution in [3.63, 3.8) is 0 Å². The van der Waals surface area contributed by atoms with Crippen LogP contribution in [0.2, 0.25) is 0 Å². The van der Waals surface area contributed by atoms with Crippen LogP contribution in [0.15, 0.2) is 24.0 Å². The van der Waals surface area contributed by atoms with Gasteiger partial charge in [0.05, 0.1) is 12.2 Å². The first-order valence-electron chi connectivity index (χ1n) is 6.02. The smallest absolute Gasteiger partial charge is 0.0726 e. The fraction of sp³-hybridized carbons (Fsp3) is 0.692. The molecule has 1 aliphatic rings. The Morgan fingerprint density at radius 2 is 1.88 bits per heavy atom. The maximum Gasteiger partial charge on any atom is 0.0726 e. The third-order valence-corrected chi connectivity index (χ3v) is 2.70. The molecule has 1 fully saturated rings. The lowest BCUT2D eigenvalue weighted by molar-refractivity contribution is -0.0540. The first-order chi connectivity index (χ1) is 7.49. The molecule has 0 amide bonds. The van der Waals surface area contributed by atoms with Gasteiger partial charge in [-0.25, -0.2) is 0 Å². The minimum absolute atomic E-state index is 0.305. The maximum atomic E-state index is 5.85. The van der Waals surface area contributed by atoms with Gasteiger partial charge in [0, 0.05) is 18.8 Å². The van der Waals surface area contributed by atoms with Crippen molar-refractivity contribution < 1.29 is 4.74 Å². The van der Waals surface area contributed by atoms with E-state index in [1.54, 1.807) is 0 Å². The summed E-state index contributed by atoms with van der Waals surface area (Å²) in [5, 5.41) is 0. The number of morpholine rings is 1. The zero-order valence-electron chi connectivity index (χ0n) is 10.8. The lowest BCUT2D eigenvalue weighted by Gasteiger charge is -2.34. The van der Waals surface area contributed by atoms with E-state index >= 15 is 0 Å². The van der Waals surface area contributed by atoms with Crippen molar-refractivity contribution >= 4 is 0 Å². The van der Waals surface area contributed by atoms with Gasteiger partial charge in [-0.1, -0.05) is 13.8 Å². The summed E-state index contributed by atoms with van der Waals surface area (Å²) in [5.74, 6) is 0.409. The number of hydrogen-bond donors (Lipinski definition) is 1. The Labute approximate surface area is 98.9 Å². The van der Waals surface area contributed by atoms with E-state index in [1.807, 2.05) is 12.2 Å². The standard InChI is InChI=1S/C13H24N2O/c1-10(2)13(14)6-5-7-15-8-11(3)16-12(4)9-15/h5-7,10-12H,8-9,14H2,1-4H3/b7-5+,13-6+/t11-,12+. The average Bonchev–Trinajstić information content (AvgIpc) is 2.15. The molecule has 0 aromatic rings. The molecule has 92 valence electrons. The summed E-state index contributed by atoms with van der Waals surface area (Å²) in [5.41, 5.74) is 6.78. The quantitative estimate of drug-likeness (QED) is 0.746. The summed E-state index contributed by atoms with van der Waals surface area (Å²) in [6, 6.07) is 0. The summed E-state index contributed by atoms with van der Waals surface area (Å²) < 4.78 is 5.67. The third kappa shape index (κ3) is 4.27. The number of ether oxygens (including phenoxy) is 1. The molecule has 1 saturated heterocycles. The molecular formula is C13H24N2O. The molecule has 2 atom stereocenters. The molecule has 0 radical (unpaired) electrons. The van der Waals surface area contributed by atoms with Crippen molar-refractivity contribution in [1.29, 1.82) is 0 Å². The Morgan fingerprint density at radius 1 is 1.31 bits per heavy atom. The van der Waals surface area contributed by atoms with E-state index in [-0.39, 0.29) is 0 Å². The Balaban J connectivity index is 2.47. The van der Waals surface area contributed by atoms with Crippen LogP contribution in [-0.4, -0.2) is 30.2 Å². The molecule has 0 bridgehead atoms. The normalized spacial score (nSPS) is 28.1. The van der Waals surface area contributed by atoms with Crippen LogP contribution in [0, 0.1) is 5.92 Å². The molecule has 0 unspecified atom stereocenters. The number of allylic oxidation sites excluding steroid dienone is 3. The van der Waals surface area contributed by atoms with Gasteiger partial charge in [0.2, 0.25) is 0 Å². The molecule has 3 nitrogen and oxygen atoms in total. The fourth-order valence-electron chi connectivity index (χ4n) is 1.81. The molecule has 0 aromatic heterocycles. The van der Waals surface area contributed by atoms with Crippen molar-refractivity contribution in [1.82, 2.24) is 4.90 Å². The van der Waals surface area contributed by atoms with E-state index in [2.05, 4.69) is 38.8 Å². The SMILES string of the molecule is CC(C)/C(N)=C\C=C\N1C[C@@H](C)O[C@@H](C)C1. The van der Waals surface area contributed by atoms with Gasteiger partial charge in [-0.05, 0) is 38.1 Å². The fourth-order valence-corrected chi connectivity index (χ4v) is 1.81. The van der Waals surface area contributed by atoms with Crippen molar-refractivity contribution in [3.8, 4) is 0 Å². The van der Waals surface area contributed by atoms with Gasteiger partial charge in [-0.15, -0.1) is 0 Å². The first-order valence-corrected chi connectivity index (χ1v) is 6.02. The summed E-state index contributed by atoms with van der Waals surface area (Å²) in [6.45, 7) is 10.3. The maximum absolute atomic E-state index is 5.85. The van der Waals surface area contributed by atoms with Crippen LogP contribution in [0.5, 0.6) is 0 Å². The van der Waals surface area contributed by atoms with Crippen LogP contribution in [-0.2, 0) is 4.74 Å². The van der Waals surface area contributed by atoms with Crippen LogP contribution in [0.4, 0.5) is 0 Å². The monoisotopic (exact) mass is 224 g/mol. The molecule has 2 N–H and O–H groups in total. The topological polar surface area (TPSA) is 38.5 Å². The van der Waals surface area contributed by atoms with Crippen molar-refractivity contribution in [2.24, 2.45) is 11.7 Å². The molecule has 16 heavy (non-hydrogen) atoms. The van der Waals surface area contributed by atoms with E-state index < -0.39 is 0 Å². The summed E-state index contributed by atoms with van der Waals surface area (Å²) >= 11 is 0. The first kappa shape index (κ1) is 13.1. The van der Waals surface area contributed by atoms with Crippen LogP contribution in [0.25, 0.3) is 0 Å². The van der Waals surface area contributed by atoms with E-state index in [9.17, 15) is 0 Å². The second-order valence-electron chi connectivity index (χ2n) is 4.87. The third-order valence-electron chi connectivity index (χ3n) is 2.70. The Kier molecular flexibility index (Phi) is 4.87.